The van der Waals surface area contributed by atoms with Gasteiger partial charge in [0.15, 0.2) is 11.5 Å². The topological polar surface area (TPSA) is 161 Å². The van der Waals surface area contributed by atoms with Crippen molar-refractivity contribution in [3.8, 4) is 11.5 Å². The third-order valence-corrected chi connectivity index (χ3v) is 6.25. The SMILES string of the molecule is CCC(C)C(=O)OC(C)CC(c1ccc(OC(=O)OCCC(C)C)c(OC(=O)OCCC(C)C)c1)[C@H](N)C(=O)O. The Balaban J connectivity index is 3.27. The summed E-state index contributed by atoms with van der Waals surface area (Å²) in [6, 6.07) is 2.85. The molecular formula is C29H45NO10. The van der Waals surface area contributed by atoms with E-state index in [1.54, 1.807) is 13.8 Å². The van der Waals surface area contributed by atoms with Gasteiger partial charge in [0.25, 0.3) is 0 Å². The highest BCUT2D eigenvalue weighted by Gasteiger charge is 2.30. The highest BCUT2D eigenvalue weighted by molar-refractivity contribution is 5.75. The Morgan fingerprint density at radius 2 is 1.38 bits per heavy atom. The summed E-state index contributed by atoms with van der Waals surface area (Å²) < 4.78 is 26.3. The molecule has 40 heavy (non-hydrogen) atoms. The van der Waals surface area contributed by atoms with Gasteiger partial charge in [0.05, 0.1) is 25.2 Å². The van der Waals surface area contributed by atoms with Gasteiger partial charge in [-0.3, -0.25) is 9.59 Å². The van der Waals surface area contributed by atoms with Crippen LogP contribution in [0.15, 0.2) is 18.2 Å². The standard InChI is InChI=1S/C29H45NO10/c1-8-19(6)27(33)38-20(7)15-22(25(30)26(31)32)21-9-10-23(39-28(34)36-13-11-17(2)3)24(16-21)40-29(35)37-14-12-18(4)5/h9-10,16-20,22,25H,8,11-15,30H2,1-7H3,(H,31,32)/t19?,20?,22?,25-/m0/s1. The number of nitrogens with two attached hydrogens (primary N) is 1. The van der Waals surface area contributed by atoms with E-state index in [0.717, 1.165) is 0 Å². The van der Waals surface area contributed by atoms with Gasteiger partial charge in [-0.05, 0) is 62.1 Å². The minimum absolute atomic E-state index is 0.0748. The van der Waals surface area contributed by atoms with Crippen molar-refractivity contribution >= 4 is 24.2 Å². The van der Waals surface area contributed by atoms with Crippen LogP contribution in [0.4, 0.5) is 9.59 Å². The second-order valence-electron chi connectivity index (χ2n) is 10.7. The van der Waals surface area contributed by atoms with Gasteiger partial charge in [-0.25, -0.2) is 9.59 Å². The van der Waals surface area contributed by atoms with Gasteiger partial charge in [0.1, 0.15) is 6.04 Å². The fourth-order valence-corrected chi connectivity index (χ4v) is 3.46. The molecule has 0 heterocycles. The van der Waals surface area contributed by atoms with Crippen LogP contribution in [0, 0.1) is 17.8 Å². The number of benzene rings is 1. The number of hydrogen-bond acceptors (Lipinski definition) is 10. The first-order valence-electron chi connectivity index (χ1n) is 13.8. The van der Waals surface area contributed by atoms with E-state index in [1.165, 1.54) is 18.2 Å². The summed E-state index contributed by atoms with van der Waals surface area (Å²) in [4.78, 5) is 48.8. The van der Waals surface area contributed by atoms with Gasteiger partial charge in [-0.1, -0.05) is 47.6 Å². The number of carbonyl (C=O) groups excluding carboxylic acids is 3. The molecule has 11 nitrogen and oxygen atoms in total. The molecule has 3 N–H and O–H groups in total. The minimum atomic E-state index is -1.37. The number of carbonyl (C=O) groups is 4. The van der Waals surface area contributed by atoms with Crippen LogP contribution < -0.4 is 15.2 Å². The van der Waals surface area contributed by atoms with Crippen LogP contribution in [0.5, 0.6) is 11.5 Å². The molecule has 1 aromatic rings. The van der Waals surface area contributed by atoms with Crippen molar-refractivity contribution in [2.24, 2.45) is 23.5 Å². The number of esters is 1. The van der Waals surface area contributed by atoms with Crippen molar-refractivity contribution in [2.45, 2.75) is 92.2 Å². The van der Waals surface area contributed by atoms with Crippen molar-refractivity contribution in [3.63, 3.8) is 0 Å². The van der Waals surface area contributed by atoms with E-state index in [0.29, 0.717) is 36.7 Å². The average Bonchev–Trinajstić information content (AvgIpc) is 2.86. The van der Waals surface area contributed by atoms with Crippen molar-refractivity contribution in [3.05, 3.63) is 23.8 Å². The van der Waals surface area contributed by atoms with Crippen LogP contribution in [0.3, 0.4) is 0 Å². The number of hydrogen-bond donors (Lipinski definition) is 2. The summed E-state index contributed by atoms with van der Waals surface area (Å²) in [5, 5.41) is 9.66. The maximum Gasteiger partial charge on any atom is 0.513 e. The van der Waals surface area contributed by atoms with Gasteiger partial charge >= 0.3 is 24.2 Å². The van der Waals surface area contributed by atoms with Crippen LogP contribution in [0.2, 0.25) is 0 Å². The van der Waals surface area contributed by atoms with Gasteiger partial charge < -0.3 is 34.5 Å². The van der Waals surface area contributed by atoms with E-state index in [1.807, 2.05) is 34.6 Å². The van der Waals surface area contributed by atoms with E-state index in [2.05, 4.69) is 0 Å². The first-order valence-corrected chi connectivity index (χ1v) is 13.8. The molecule has 1 aromatic carbocycles. The smallest absolute Gasteiger partial charge is 0.480 e. The van der Waals surface area contributed by atoms with Crippen LogP contribution in [-0.2, 0) is 23.8 Å². The molecule has 0 aromatic heterocycles. The van der Waals surface area contributed by atoms with E-state index < -0.39 is 42.3 Å². The molecule has 4 atom stereocenters. The molecule has 0 saturated heterocycles. The number of carboxylic acids is 1. The highest BCUT2D eigenvalue weighted by Crippen LogP contribution is 2.35. The normalized spacial score (nSPS) is 14.2. The lowest BCUT2D eigenvalue weighted by molar-refractivity contribution is -0.153. The molecule has 0 radical (unpaired) electrons. The molecule has 0 aliphatic carbocycles. The average molecular weight is 568 g/mol. The zero-order valence-corrected chi connectivity index (χ0v) is 24.6. The summed E-state index contributed by atoms with van der Waals surface area (Å²) >= 11 is 0. The molecule has 0 saturated carbocycles. The molecule has 11 heteroatoms. The Kier molecular flexibility index (Phi) is 15.1. The monoisotopic (exact) mass is 567 g/mol. The van der Waals surface area contributed by atoms with E-state index in [9.17, 15) is 24.3 Å². The fourth-order valence-electron chi connectivity index (χ4n) is 3.46. The van der Waals surface area contributed by atoms with Crippen LogP contribution in [0.25, 0.3) is 0 Å². The lowest BCUT2D eigenvalue weighted by atomic mass is 9.87. The number of aliphatic carboxylic acids is 1. The lowest BCUT2D eigenvalue weighted by Gasteiger charge is -2.26. The molecule has 0 aliphatic heterocycles. The van der Waals surface area contributed by atoms with Crippen molar-refractivity contribution in [1.29, 1.82) is 0 Å². The zero-order valence-electron chi connectivity index (χ0n) is 24.6. The summed E-state index contributed by atoms with van der Waals surface area (Å²) in [5.41, 5.74) is 6.39. The molecule has 0 fully saturated rings. The Hall–Kier alpha value is -3.34. The predicted octanol–water partition coefficient (Wildman–Crippen LogP) is 5.67. The Labute approximate surface area is 236 Å². The van der Waals surface area contributed by atoms with Crippen LogP contribution >= 0.6 is 0 Å². The van der Waals surface area contributed by atoms with E-state index in [-0.39, 0.29) is 37.1 Å². The second kappa shape index (κ2) is 17.4. The quantitative estimate of drug-likeness (QED) is 0.144. The van der Waals surface area contributed by atoms with Gasteiger partial charge in [-0.2, -0.15) is 0 Å². The Morgan fingerprint density at radius 1 is 0.850 bits per heavy atom. The minimum Gasteiger partial charge on any atom is -0.480 e. The summed E-state index contributed by atoms with van der Waals surface area (Å²) in [5.74, 6) is -2.52. The molecule has 3 unspecified atom stereocenters. The first kappa shape index (κ1) is 34.7. The van der Waals surface area contributed by atoms with Crippen molar-refractivity contribution in [1.82, 2.24) is 0 Å². The van der Waals surface area contributed by atoms with E-state index >= 15 is 0 Å². The Morgan fingerprint density at radius 3 is 1.85 bits per heavy atom. The van der Waals surface area contributed by atoms with Crippen molar-refractivity contribution in [2.75, 3.05) is 13.2 Å². The first-order chi connectivity index (χ1) is 18.7. The van der Waals surface area contributed by atoms with Crippen LogP contribution in [-0.4, -0.2) is 54.7 Å². The van der Waals surface area contributed by atoms with Gasteiger partial charge in [0.2, 0.25) is 0 Å². The summed E-state index contributed by atoms with van der Waals surface area (Å²) in [6.45, 7) is 13.4. The van der Waals surface area contributed by atoms with Crippen LogP contribution in [0.1, 0.15) is 85.6 Å². The molecule has 0 amide bonds. The third-order valence-electron chi connectivity index (χ3n) is 6.25. The fraction of sp³-hybridized carbons (Fsp3) is 0.655. The second-order valence-corrected chi connectivity index (χ2v) is 10.7. The maximum atomic E-state index is 12.4. The van der Waals surface area contributed by atoms with Crippen molar-refractivity contribution < 1.29 is 48.0 Å². The molecule has 0 aliphatic rings. The molecule has 0 bridgehead atoms. The largest absolute Gasteiger partial charge is 0.513 e. The molecule has 226 valence electrons. The molecule has 1 rings (SSSR count). The number of ether oxygens (including phenoxy) is 5. The highest BCUT2D eigenvalue weighted by atomic mass is 16.7. The predicted molar refractivity (Wildman–Crippen MR) is 147 cm³/mol. The van der Waals surface area contributed by atoms with Gasteiger partial charge in [0, 0.05) is 5.92 Å². The number of carboxylic acid groups (broad SMARTS) is 1. The Bertz CT molecular complexity index is 978. The number of rotatable bonds is 16. The third kappa shape index (κ3) is 12.7. The van der Waals surface area contributed by atoms with Gasteiger partial charge in [-0.15, -0.1) is 0 Å². The molecular weight excluding hydrogens is 522 g/mol. The zero-order chi connectivity index (χ0) is 30.4. The summed E-state index contributed by atoms with van der Waals surface area (Å²) in [6.07, 6.45) is -0.752. The summed E-state index contributed by atoms with van der Waals surface area (Å²) in [7, 11) is 0. The maximum absolute atomic E-state index is 12.4. The van der Waals surface area contributed by atoms with E-state index in [4.69, 9.17) is 29.4 Å². The molecule has 0 spiro atoms. The lowest BCUT2D eigenvalue weighted by Crippen LogP contribution is -2.38.